The third kappa shape index (κ3) is 13.3. The van der Waals surface area contributed by atoms with Crippen LogP contribution in [0.2, 0.25) is 0 Å². The van der Waals surface area contributed by atoms with E-state index in [0.29, 0.717) is 35.5 Å². The molecule has 2 N–H and O–H groups in total. The van der Waals surface area contributed by atoms with Gasteiger partial charge in [-0.3, -0.25) is 9.59 Å². The van der Waals surface area contributed by atoms with Crippen LogP contribution in [0.25, 0.3) is 11.1 Å². The number of unbranched alkanes of at least 4 members (excludes halogenated alkanes) is 6. The zero-order valence-electron chi connectivity index (χ0n) is 24.7. The third-order valence-electron chi connectivity index (χ3n) is 6.86. The van der Waals surface area contributed by atoms with E-state index in [1.54, 1.807) is 30.3 Å². The van der Waals surface area contributed by atoms with E-state index in [2.05, 4.69) is 6.92 Å². The van der Waals surface area contributed by atoms with Crippen LogP contribution in [0, 0.1) is 0 Å². The number of carboxylic acid groups (broad SMARTS) is 2. The summed E-state index contributed by atoms with van der Waals surface area (Å²) in [6.07, 6.45) is 7.20. The number of carboxylic acids is 2. The number of hydrogen-bond donors (Lipinski definition) is 2. The van der Waals surface area contributed by atoms with Crippen LogP contribution in [0.5, 0.6) is 11.5 Å². The molecule has 5 nitrogen and oxygen atoms in total. The summed E-state index contributed by atoms with van der Waals surface area (Å²) in [6.45, 7) is 4.15. The molecule has 0 heterocycles. The average Bonchev–Trinajstić information content (AvgIpc) is 2.96. The minimum atomic E-state index is -2.39. The first kappa shape index (κ1) is 34.5. The van der Waals surface area contributed by atoms with Gasteiger partial charge in [-0.05, 0) is 59.4 Å². The lowest BCUT2D eigenvalue weighted by molar-refractivity contribution is -0.139. The maximum atomic E-state index is 12.6. The second-order valence-corrected chi connectivity index (χ2v) is 10.4. The van der Waals surface area contributed by atoms with Crippen molar-refractivity contribution in [2.75, 3.05) is 0 Å². The Kier molecular flexibility index (Phi) is 15.9. The highest BCUT2D eigenvalue weighted by molar-refractivity contribution is 5.78. The molecule has 0 aromatic heterocycles. The smallest absolute Gasteiger partial charge is 0.310 e. The van der Waals surface area contributed by atoms with Gasteiger partial charge in [-0.2, -0.15) is 0 Å². The molecule has 0 radical (unpaired) electrons. The monoisotopic (exact) mass is 582 g/mol. The second kappa shape index (κ2) is 19.4. The average molecular weight is 583 g/mol. The Morgan fingerprint density at radius 3 is 1.95 bits per heavy atom. The maximum Gasteiger partial charge on any atom is 0.310 e. The minimum Gasteiger partial charge on any atom is -0.481 e. The molecule has 42 heavy (non-hydrogen) atoms. The number of alkyl halides is 2. The minimum absolute atomic E-state index is 0.291. The number of halogens is 2. The lowest BCUT2D eigenvalue weighted by Crippen LogP contribution is -2.11. The van der Waals surface area contributed by atoms with Crippen molar-refractivity contribution < 1.29 is 33.3 Å². The molecule has 0 spiro atoms. The molecule has 0 aliphatic heterocycles. The summed E-state index contributed by atoms with van der Waals surface area (Å²) in [6, 6.07) is 21.6. The van der Waals surface area contributed by atoms with E-state index in [1.807, 2.05) is 49.4 Å². The largest absolute Gasteiger partial charge is 0.481 e. The summed E-state index contributed by atoms with van der Waals surface area (Å²) < 4.78 is 31.2. The zero-order valence-corrected chi connectivity index (χ0v) is 24.7. The summed E-state index contributed by atoms with van der Waals surface area (Å²) in [5.74, 6) is -1.01. The Labute approximate surface area is 248 Å². The van der Waals surface area contributed by atoms with Crippen molar-refractivity contribution >= 4 is 11.9 Å². The van der Waals surface area contributed by atoms with Crippen molar-refractivity contribution in [3.8, 4) is 22.6 Å². The summed E-state index contributed by atoms with van der Waals surface area (Å²) in [7, 11) is 0. The molecule has 3 rings (SSSR count). The fourth-order valence-corrected chi connectivity index (χ4v) is 4.64. The van der Waals surface area contributed by atoms with Crippen molar-refractivity contribution in [2.45, 2.75) is 96.8 Å². The van der Waals surface area contributed by atoms with Crippen LogP contribution < -0.4 is 4.74 Å². The molecular weight excluding hydrogens is 538 g/mol. The van der Waals surface area contributed by atoms with Crippen LogP contribution in [-0.2, 0) is 16.0 Å². The van der Waals surface area contributed by atoms with E-state index in [-0.39, 0.29) is 6.42 Å². The predicted octanol–water partition coefficient (Wildman–Crippen LogP) is 10.1. The van der Waals surface area contributed by atoms with E-state index in [9.17, 15) is 23.5 Å². The van der Waals surface area contributed by atoms with E-state index in [1.165, 1.54) is 32.1 Å². The van der Waals surface area contributed by atoms with Gasteiger partial charge in [0, 0.05) is 12.8 Å². The van der Waals surface area contributed by atoms with E-state index in [0.717, 1.165) is 30.4 Å². The fourth-order valence-electron chi connectivity index (χ4n) is 4.64. The molecule has 1 unspecified atom stereocenters. The maximum absolute atomic E-state index is 12.6. The molecule has 0 fully saturated rings. The molecule has 0 bridgehead atoms. The van der Waals surface area contributed by atoms with Gasteiger partial charge in [0.1, 0.15) is 11.5 Å². The molecule has 3 aromatic rings. The van der Waals surface area contributed by atoms with E-state index in [4.69, 9.17) is 9.84 Å². The van der Waals surface area contributed by atoms with Gasteiger partial charge in [0.05, 0.1) is 5.92 Å². The lowest BCUT2D eigenvalue weighted by atomic mass is 9.91. The first-order valence-electron chi connectivity index (χ1n) is 14.9. The van der Waals surface area contributed by atoms with Crippen molar-refractivity contribution in [3.05, 3.63) is 83.9 Å². The van der Waals surface area contributed by atoms with E-state index >= 15 is 0 Å². The second-order valence-electron chi connectivity index (χ2n) is 10.4. The molecule has 0 aliphatic carbocycles. The molecular formula is C35H44F2O5. The van der Waals surface area contributed by atoms with Gasteiger partial charge in [0.2, 0.25) is 6.43 Å². The first-order valence-corrected chi connectivity index (χ1v) is 14.9. The normalized spacial score (nSPS) is 11.5. The van der Waals surface area contributed by atoms with Crippen molar-refractivity contribution in [1.29, 1.82) is 0 Å². The molecule has 7 heteroatoms. The van der Waals surface area contributed by atoms with Gasteiger partial charge in [-0.15, -0.1) is 0 Å². The van der Waals surface area contributed by atoms with Crippen LogP contribution in [0.4, 0.5) is 8.78 Å². The van der Waals surface area contributed by atoms with Crippen molar-refractivity contribution in [1.82, 2.24) is 0 Å². The van der Waals surface area contributed by atoms with Crippen LogP contribution >= 0.6 is 0 Å². The Bertz CT molecular complexity index is 1200. The first-order chi connectivity index (χ1) is 20.2. The third-order valence-corrected chi connectivity index (χ3v) is 6.86. The highest BCUT2D eigenvalue weighted by Crippen LogP contribution is 2.34. The predicted molar refractivity (Wildman–Crippen MR) is 164 cm³/mol. The number of rotatable bonds is 17. The molecule has 3 aromatic carbocycles. The topological polar surface area (TPSA) is 83.8 Å². The number of hydrogen-bond acceptors (Lipinski definition) is 3. The number of ether oxygens (including phenoxy) is 1. The summed E-state index contributed by atoms with van der Waals surface area (Å²) >= 11 is 0. The van der Waals surface area contributed by atoms with Gasteiger partial charge in [0.25, 0.3) is 0 Å². The van der Waals surface area contributed by atoms with Gasteiger partial charge in [-0.25, -0.2) is 8.78 Å². The Morgan fingerprint density at radius 2 is 1.38 bits per heavy atom. The van der Waals surface area contributed by atoms with Crippen LogP contribution in [-0.4, -0.2) is 28.6 Å². The molecule has 0 aliphatic rings. The van der Waals surface area contributed by atoms with Crippen molar-refractivity contribution in [2.24, 2.45) is 0 Å². The van der Waals surface area contributed by atoms with Crippen LogP contribution in [0.15, 0.2) is 72.8 Å². The van der Waals surface area contributed by atoms with Gasteiger partial charge < -0.3 is 14.9 Å². The van der Waals surface area contributed by atoms with Gasteiger partial charge in [0.15, 0.2) is 0 Å². The van der Waals surface area contributed by atoms with E-state index < -0.39 is 24.3 Å². The van der Waals surface area contributed by atoms with Gasteiger partial charge >= 0.3 is 11.9 Å². The number of benzene rings is 3. The lowest BCUT2D eigenvalue weighted by Gasteiger charge is -2.16. The molecule has 228 valence electrons. The molecule has 0 saturated carbocycles. The Hall–Kier alpha value is -3.74. The fraction of sp³-hybridized carbons (Fsp3) is 0.429. The zero-order chi connectivity index (χ0) is 30.7. The number of carbonyl (C=O) groups is 2. The standard InChI is InChI=1S/C25H24F2O3.C10H20O2/c1-2-6-23(25(28)29)20-14-19(18-11-9-17(10-12-18)13-24(26)27)15-22(16-20)30-21-7-4-3-5-8-21;1-2-3-4-5-6-7-8-9-10(11)12/h3-5,7-12,14-16,23-24H,2,6,13H2,1H3,(H,28,29);2-9H2,1H3,(H,11,12). The SMILES string of the molecule is CCCC(C(=O)O)c1cc(Oc2ccccc2)cc(-c2ccc(CC(F)F)cc2)c1.CCCCCCCCCC(=O)O. The number of aliphatic carboxylic acids is 2. The van der Waals surface area contributed by atoms with Crippen LogP contribution in [0.1, 0.15) is 95.1 Å². The van der Waals surface area contributed by atoms with Crippen molar-refractivity contribution in [3.63, 3.8) is 0 Å². The summed E-state index contributed by atoms with van der Waals surface area (Å²) in [5, 5.41) is 18.1. The quantitative estimate of drug-likeness (QED) is 0.155. The summed E-state index contributed by atoms with van der Waals surface area (Å²) in [5.41, 5.74) is 2.81. The van der Waals surface area contributed by atoms with Crippen LogP contribution in [0.3, 0.4) is 0 Å². The molecule has 1 atom stereocenters. The van der Waals surface area contributed by atoms with Gasteiger partial charge in [-0.1, -0.05) is 107 Å². The molecule has 0 saturated heterocycles. The molecule has 0 amide bonds. The number of para-hydroxylation sites is 1. The highest BCUT2D eigenvalue weighted by Gasteiger charge is 2.21. The highest BCUT2D eigenvalue weighted by atomic mass is 19.3. The Balaban J connectivity index is 0.000000435. The summed E-state index contributed by atoms with van der Waals surface area (Å²) in [4.78, 5) is 22.0. The Morgan fingerprint density at radius 1 is 0.738 bits per heavy atom.